The molecular formula is C20H25F4N3S. The Morgan fingerprint density at radius 1 is 1.00 bits per heavy atom. The van der Waals surface area contributed by atoms with Crippen molar-refractivity contribution in [2.45, 2.75) is 44.8 Å². The lowest BCUT2D eigenvalue weighted by Crippen LogP contribution is -2.31. The van der Waals surface area contributed by atoms with Crippen LogP contribution in [0.15, 0.2) is 59.9 Å². The van der Waals surface area contributed by atoms with Crippen LogP contribution in [0.1, 0.15) is 39.3 Å². The molecule has 0 fully saturated rings. The van der Waals surface area contributed by atoms with Crippen molar-refractivity contribution in [1.82, 2.24) is 13.7 Å². The number of hydrogen-bond acceptors (Lipinski definition) is 3. The number of rotatable bonds is 4. The van der Waals surface area contributed by atoms with Crippen LogP contribution < -0.4 is 0 Å². The molecule has 0 bridgehead atoms. The molecule has 1 aromatic carbocycles. The Balaban J connectivity index is 0.000000921. The van der Waals surface area contributed by atoms with Gasteiger partial charge in [-0.3, -0.25) is 0 Å². The van der Waals surface area contributed by atoms with E-state index in [1.165, 1.54) is 7.05 Å². The predicted octanol–water partition coefficient (Wildman–Crippen LogP) is 6.77. The van der Waals surface area contributed by atoms with Gasteiger partial charge in [-0.25, -0.2) is 13.7 Å². The number of pyridine rings is 1. The summed E-state index contributed by atoms with van der Waals surface area (Å²) in [6.45, 7) is 8.00. The summed E-state index contributed by atoms with van der Waals surface area (Å²) in [5, 5.41) is 0. The van der Waals surface area contributed by atoms with E-state index in [0.717, 1.165) is 40.5 Å². The summed E-state index contributed by atoms with van der Waals surface area (Å²) in [7, 11) is 1.36. The minimum Gasteiger partial charge on any atom is -0.307 e. The maximum Gasteiger partial charge on any atom is 0.408 e. The molecule has 0 aliphatic carbocycles. The Labute approximate surface area is 167 Å². The minimum absolute atomic E-state index is 0.0132. The summed E-state index contributed by atoms with van der Waals surface area (Å²) in [5.74, 6) is -0.570. The Morgan fingerprint density at radius 2 is 1.61 bits per heavy atom. The first-order valence-corrected chi connectivity index (χ1v) is 9.77. The Bertz CT molecular complexity index is 831. The van der Waals surface area contributed by atoms with Crippen LogP contribution in [0.5, 0.6) is 0 Å². The number of hydrogen-bond donors (Lipinski definition) is 0. The monoisotopic (exact) mass is 415 g/mol. The lowest BCUT2D eigenvalue weighted by Gasteiger charge is -2.29. The normalized spacial score (nSPS) is 12.1. The molecule has 0 aliphatic heterocycles. The van der Waals surface area contributed by atoms with Gasteiger partial charge in [0.1, 0.15) is 17.5 Å². The second kappa shape index (κ2) is 11.1. The van der Waals surface area contributed by atoms with Gasteiger partial charge in [-0.2, -0.15) is 13.2 Å². The molecule has 3 rings (SSSR count). The van der Waals surface area contributed by atoms with Crippen LogP contribution in [-0.2, 0) is 0 Å². The number of fused-ring (bicyclic) bond motifs is 1. The van der Waals surface area contributed by atoms with Crippen LogP contribution >= 0.6 is 11.9 Å². The average Bonchev–Trinajstić information content (AvgIpc) is 3.13. The lowest BCUT2D eigenvalue weighted by atomic mass is 10.1. The van der Waals surface area contributed by atoms with Crippen molar-refractivity contribution >= 4 is 17.6 Å². The van der Waals surface area contributed by atoms with Gasteiger partial charge >= 0.3 is 6.18 Å². The second-order valence-corrected chi connectivity index (χ2v) is 6.42. The largest absolute Gasteiger partial charge is 0.408 e. The molecule has 154 valence electrons. The van der Waals surface area contributed by atoms with Crippen LogP contribution in [0.4, 0.5) is 17.6 Å². The highest BCUT2D eigenvalue weighted by molar-refractivity contribution is 7.97. The third-order valence-corrected chi connectivity index (χ3v) is 4.44. The molecule has 0 amide bonds. The van der Waals surface area contributed by atoms with Gasteiger partial charge in [0.25, 0.3) is 0 Å². The van der Waals surface area contributed by atoms with Gasteiger partial charge in [-0.05, 0) is 48.8 Å². The number of benzene rings is 1. The van der Waals surface area contributed by atoms with E-state index in [2.05, 4.69) is 4.98 Å². The molecule has 0 saturated carbocycles. The van der Waals surface area contributed by atoms with Crippen molar-refractivity contribution in [2.24, 2.45) is 0 Å². The van der Waals surface area contributed by atoms with E-state index in [9.17, 15) is 17.6 Å². The van der Waals surface area contributed by atoms with Crippen LogP contribution in [-0.4, -0.2) is 26.9 Å². The van der Waals surface area contributed by atoms with Gasteiger partial charge in [0.15, 0.2) is 0 Å². The second-order valence-electron chi connectivity index (χ2n) is 5.19. The number of nitrogens with zero attached hydrogens (tertiary/aromatic N) is 3. The molecule has 1 atom stereocenters. The lowest BCUT2D eigenvalue weighted by molar-refractivity contribution is -0.169. The topological polar surface area (TPSA) is 20.5 Å². The van der Waals surface area contributed by atoms with Crippen molar-refractivity contribution in [3.05, 3.63) is 66.4 Å². The molecule has 0 spiro atoms. The fraction of sp³-hybridized carbons (Fsp3) is 0.350. The molecular weight excluding hydrogens is 390 g/mol. The van der Waals surface area contributed by atoms with E-state index < -0.39 is 18.0 Å². The minimum atomic E-state index is -4.49. The van der Waals surface area contributed by atoms with Crippen molar-refractivity contribution in [3.8, 4) is 0 Å². The highest BCUT2D eigenvalue weighted by Crippen LogP contribution is 2.41. The van der Waals surface area contributed by atoms with Gasteiger partial charge in [0.2, 0.25) is 0 Å². The zero-order valence-electron chi connectivity index (χ0n) is 16.5. The van der Waals surface area contributed by atoms with Gasteiger partial charge in [-0.1, -0.05) is 39.8 Å². The standard InChI is InChI=1S/C16H13F4N3S.2C2H6/c1-22(24-13-6-8-23-9-7-21-14(23)10-13)15(16(18,19)20)11-2-4-12(17)5-3-11;2*1-2/h2-10,15H,1H3;2*1-2H3. The summed E-state index contributed by atoms with van der Waals surface area (Å²) in [5.41, 5.74) is 0.638. The summed E-state index contributed by atoms with van der Waals surface area (Å²) < 4.78 is 56.4. The van der Waals surface area contributed by atoms with Gasteiger partial charge in [0, 0.05) is 23.5 Å². The third kappa shape index (κ3) is 6.24. The number of aromatic nitrogens is 2. The van der Waals surface area contributed by atoms with Crippen molar-refractivity contribution < 1.29 is 17.6 Å². The average molecular weight is 416 g/mol. The predicted molar refractivity (Wildman–Crippen MR) is 107 cm³/mol. The van der Waals surface area contributed by atoms with E-state index in [1.54, 1.807) is 35.1 Å². The highest BCUT2D eigenvalue weighted by Gasteiger charge is 2.44. The van der Waals surface area contributed by atoms with Gasteiger partial charge < -0.3 is 4.40 Å². The summed E-state index contributed by atoms with van der Waals surface area (Å²) in [4.78, 5) is 4.75. The maximum atomic E-state index is 13.5. The van der Waals surface area contributed by atoms with E-state index in [4.69, 9.17) is 0 Å². The maximum absolute atomic E-state index is 13.5. The summed E-state index contributed by atoms with van der Waals surface area (Å²) >= 11 is 0.962. The first-order chi connectivity index (χ1) is 13.3. The van der Waals surface area contributed by atoms with Crippen molar-refractivity contribution in [1.29, 1.82) is 0 Å². The summed E-state index contributed by atoms with van der Waals surface area (Å²) in [6.07, 6.45) is 0.616. The zero-order chi connectivity index (χ0) is 21.3. The quantitative estimate of drug-likeness (QED) is 0.347. The third-order valence-electron chi connectivity index (χ3n) is 3.48. The smallest absolute Gasteiger partial charge is 0.307 e. The Hall–Kier alpha value is -2.06. The number of imidazole rings is 1. The van der Waals surface area contributed by atoms with Crippen LogP contribution in [0, 0.1) is 5.82 Å². The first kappa shape index (κ1) is 24.0. The zero-order valence-corrected chi connectivity index (χ0v) is 17.4. The first-order valence-electron chi connectivity index (χ1n) is 9.00. The Kier molecular flexibility index (Phi) is 9.48. The molecule has 3 aromatic rings. The van der Waals surface area contributed by atoms with Gasteiger partial charge in [-0.15, -0.1) is 0 Å². The van der Waals surface area contributed by atoms with E-state index >= 15 is 0 Å². The van der Waals surface area contributed by atoms with Crippen LogP contribution in [0.25, 0.3) is 5.65 Å². The molecule has 0 aliphatic rings. The van der Waals surface area contributed by atoms with Crippen LogP contribution in [0.2, 0.25) is 0 Å². The molecule has 1 unspecified atom stereocenters. The van der Waals surface area contributed by atoms with E-state index in [1.807, 2.05) is 27.7 Å². The van der Waals surface area contributed by atoms with Gasteiger partial charge in [0.05, 0.1) is 0 Å². The molecule has 0 N–H and O–H groups in total. The van der Waals surface area contributed by atoms with Crippen LogP contribution in [0.3, 0.4) is 0 Å². The van der Waals surface area contributed by atoms with Crippen molar-refractivity contribution in [2.75, 3.05) is 7.05 Å². The van der Waals surface area contributed by atoms with E-state index in [0.29, 0.717) is 10.5 Å². The molecule has 28 heavy (non-hydrogen) atoms. The molecule has 2 aromatic heterocycles. The number of alkyl halides is 3. The highest BCUT2D eigenvalue weighted by atomic mass is 32.2. The molecule has 3 nitrogen and oxygen atoms in total. The summed E-state index contributed by atoms with van der Waals surface area (Å²) in [6, 6.07) is 5.95. The SMILES string of the molecule is CC.CC.CN(Sc1ccn2ccnc2c1)C(c1ccc(F)cc1)C(F)(F)F. The molecule has 0 saturated heterocycles. The van der Waals surface area contributed by atoms with E-state index in [-0.39, 0.29) is 5.56 Å². The molecule has 8 heteroatoms. The number of halogens is 4. The molecule has 0 radical (unpaired) electrons. The molecule has 2 heterocycles. The fourth-order valence-corrected chi connectivity index (χ4v) is 3.38. The Morgan fingerprint density at radius 3 is 2.18 bits per heavy atom. The van der Waals surface area contributed by atoms with Crippen molar-refractivity contribution in [3.63, 3.8) is 0 Å². The fourth-order valence-electron chi connectivity index (χ4n) is 2.42.